The average Bonchev–Trinajstić information content (AvgIpc) is 2.39. The molecule has 5 nitrogen and oxygen atoms in total. The molecule has 0 heterocycles. The van der Waals surface area contributed by atoms with Crippen molar-refractivity contribution >= 4 is 23.0 Å². The lowest BCUT2D eigenvalue weighted by atomic mass is 10.2. The van der Waals surface area contributed by atoms with Crippen molar-refractivity contribution in [1.82, 2.24) is 0 Å². The first-order chi connectivity index (χ1) is 9.49. The van der Waals surface area contributed by atoms with Crippen LogP contribution in [0.15, 0.2) is 36.4 Å². The Bertz CT molecular complexity index is 644. The van der Waals surface area contributed by atoms with Crippen LogP contribution in [0.2, 0.25) is 5.02 Å². The average molecular weight is 297 g/mol. The number of nitrogens with zero attached hydrogens (tertiary/aromatic N) is 1. The number of hydrogen-bond donors (Lipinski definition) is 1. The first-order valence-electron chi connectivity index (χ1n) is 5.58. The molecule has 0 aromatic heterocycles. The molecule has 0 bridgehead atoms. The van der Waals surface area contributed by atoms with Gasteiger partial charge in [0.1, 0.15) is 12.3 Å². The zero-order valence-electron chi connectivity index (χ0n) is 10.2. The smallest absolute Gasteiger partial charge is 0.292 e. The molecular weight excluding hydrogens is 287 g/mol. The van der Waals surface area contributed by atoms with E-state index < -0.39 is 10.7 Å². The van der Waals surface area contributed by atoms with Gasteiger partial charge in [-0.1, -0.05) is 23.7 Å². The number of para-hydroxylation sites is 1. The highest BCUT2D eigenvalue weighted by Crippen LogP contribution is 2.29. The number of hydrogen-bond acceptors (Lipinski definition) is 4. The van der Waals surface area contributed by atoms with Crippen molar-refractivity contribution in [2.45, 2.75) is 6.61 Å². The molecule has 0 fully saturated rings. The Morgan fingerprint density at radius 2 is 2.10 bits per heavy atom. The molecule has 0 unspecified atom stereocenters. The van der Waals surface area contributed by atoms with Gasteiger partial charge in [0.25, 0.3) is 5.69 Å². The van der Waals surface area contributed by atoms with Crippen LogP contribution in [0.4, 0.5) is 15.8 Å². The Balaban J connectivity index is 2.19. The summed E-state index contributed by atoms with van der Waals surface area (Å²) in [6.07, 6.45) is 0. The van der Waals surface area contributed by atoms with Crippen LogP contribution in [0.1, 0.15) is 5.56 Å². The maximum absolute atomic E-state index is 13.5. The summed E-state index contributed by atoms with van der Waals surface area (Å²) in [5.41, 5.74) is 5.81. The van der Waals surface area contributed by atoms with E-state index in [0.717, 1.165) is 0 Å². The van der Waals surface area contributed by atoms with Crippen molar-refractivity contribution in [2.24, 2.45) is 0 Å². The summed E-state index contributed by atoms with van der Waals surface area (Å²) in [5.74, 6) is -0.684. The first kappa shape index (κ1) is 14.1. The zero-order valence-corrected chi connectivity index (χ0v) is 10.9. The number of nitrogens with two attached hydrogens (primary N) is 1. The Hall–Kier alpha value is -2.34. The fraction of sp³-hybridized carbons (Fsp3) is 0.0769. The lowest BCUT2D eigenvalue weighted by molar-refractivity contribution is -0.384. The molecule has 0 aliphatic carbocycles. The van der Waals surface area contributed by atoms with Crippen molar-refractivity contribution in [3.05, 3.63) is 62.9 Å². The summed E-state index contributed by atoms with van der Waals surface area (Å²) in [7, 11) is 0. The van der Waals surface area contributed by atoms with E-state index in [1.807, 2.05) is 0 Å². The number of nitro groups is 1. The third-order valence-corrected chi connectivity index (χ3v) is 2.89. The molecule has 0 aliphatic rings. The fourth-order valence-corrected chi connectivity index (χ4v) is 1.83. The zero-order chi connectivity index (χ0) is 14.7. The molecule has 0 spiro atoms. The molecule has 0 saturated carbocycles. The normalized spacial score (nSPS) is 10.3. The minimum Gasteiger partial charge on any atom is -0.484 e. The van der Waals surface area contributed by atoms with E-state index in [-0.39, 0.29) is 28.8 Å². The molecule has 0 aliphatic heterocycles. The van der Waals surface area contributed by atoms with Crippen LogP contribution in [-0.2, 0) is 6.61 Å². The van der Waals surface area contributed by atoms with Gasteiger partial charge >= 0.3 is 0 Å². The van der Waals surface area contributed by atoms with E-state index in [2.05, 4.69) is 0 Å². The van der Waals surface area contributed by atoms with Gasteiger partial charge in [-0.25, -0.2) is 4.39 Å². The quantitative estimate of drug-likeness (QED) is 0.531. The third kappa shape index (κ3) is 2.97. The van der Waals surface area contributed by atoms with Crippen LogP contribution in [0.5, 0.6) is 5.75 Å². The molecule has 0 radical (unpaired) electrons. The molecule has 2 aromatic rings. The van der Waals surface area contributed by atoms with Gasteiger partial charge in [-0.3, -0.25) is 10.1 Å². The summed E-state index contributed by atoms with van der Waals surface area (Å²) in [6.45, 7) is -0.0538. The van der Waals surface area contributed by atoms with Gasteiger partial charge in [0, 0.05) is 6.07 Å². The van der Waals surface area contributed by atoms with Crippen LogP contribution in [0, 0.1) is 15.9 Å². The maximum atomic E-state index is 13.5. The molecular formula is C13H10ClFN2O3. The highest BCUT2D eigenvalue weighted by molar-refractivity contribution is 6.32. The Morgan fingerprint density at radius 1 is 1.35 bits per heavy atom. The third-order valence-electron chi connectivity index (χ3n) is 2.59. The highest BCUT2D eigenvalue weighted by Gasteiger charge is 2.13. The molecule has 2 rings (SSSR count). The minimum atomic E-state index is -0.595. The standard InChI is InChI=1S/C13H10ClFN2O3/c14-9-2-1-3-10(15)13(9)20-7-8-4-5-11(16)12(6-8)17(18)19/h1-6H,7,16H2. The topological polar surface area (TPSA) is 78.4 Å². The second-order valence-electron chi connectivity index (χ2n) is 3.99. The van der Waals surface area contributed by atoms with E-state index in [9.17, 15) is 14.5 Å². The van der Waals surface area contributed by atoms with Gasteiger partial charge in [-0.2, -0.15) is 0 Å². The lowest BCUT2D eigenvalue weighted by Crippen LogP contribution is -2.01. The SMILES string of the molecule is Nc1ccc(COc2c(F)cccc2Cl)cc1[N+](=O)[O-]. The molecule has 2 aromatic carbocycles. The summed E-state index contributed by atoms with van der Waals surface area (Å²) in [5, 5.41) is 10.9. The summed E-state index contributed by atoms with van der Waals surface area (Å²) in [4.78, 5) is 10.2. The predicted octanol–water partition coefficient (Wildman–Crippen LogP) is 3.55. The van der Waals surface area contributed by atoms with E-state index in [4.69, 9.17) is 22.1 Å². The van der Waals surface area contributed by atoms with E-state index in [1.54, 1.807) is 6.07 Å². The van der Waals surface area contributed by atoms with Crippen LogP contribution < -0.4 is 10.5 Å². The Labute approximate surface area is 118 Å². The molecule has 0 saturated heterocycles. The van der Waals surface area contributed by atoms with Crippen LogP contribution in [-0.4, -0.2) is 4.92 Å². The summed E-state index contributed by atoms with van der Waals surface area (Å²) in [6, 6.07) is 8.41. The number of rotatable bonds is 4. The molecule has 7 heteroatoms. The highest BCUT2D eigenvalue weighted by atomic mass is 35.5. The number of halogens is 2. The summed E-state index contributed by atoms with van der Waals surface area (Å²) < 4.78 is 18.7. The maximum Gasteiger partial charge on any atom is 0.292 e. The van der Waals surface area contributed by atoms with E-state index in [0.29, 0.717) is 5.56 Å². The van der Waals surface area contributed by atoms with E-state index >= 15 is 0 Å². The minimum absolute atomic E-state index is 0.0538. The number of anilines is 1. The molecule has 0 atom stereocenters. The number of ether oxygens (including phenoxy) is 1. The largest absolute Gasteiger partial charge is 0.484 e. The van der Waals surface area contributed by atoms with E-state index in [1.165, 1.54) is 30.3 Å². The molecule has 2 N–H and O–H groups in total. The lowest BCUT2D eigenvalue weighted by Gasteiger charge is -2.09. The Kier molecular flexibility index (Phi) is 4.05. The number of nitrogen functional groups attached to an aromatic ring is 1. The second-order valence-corrected chi connectivity index (χ2v) is 4.40. The second kappa shape index (κ2) is 5.75. The van der Waals surface area contributed by atoms with Gasteiger partial charge in [0.05, 0.1) is 9.95 Å². The van der Waals surface area contributed by atoms with Gasteiger partial charge in [-0.15, -0.1) is 0 Å². The Morgan fingerprint density at radius 3 is 2.75 bits per heavy atom. The van der Waals surface area contributed by atoms with Crippen LogP contribution in [0.3, 0.4) is 0 Å². The molecule has 104 valence electrons. The molecule has 0 amide bonds. The summed E-state index contributed by atoms with van der Waals surface area (Å²) >= 11 is 5.81. The first-order valence-corrected chi connectivity index (χ1v) is 5.96. The van der Waals surface area contributed by atoms with Crippen molar-refractivity contribution in [1.29, 1.82) is 0 Å². The van der Waals surface area contributed by atoms with Crippen molar-refractivity contribution in [2.75, 3.05) is 5.73 Å². The molecule has 20 heavy (non-hydrogen) atoms. The van der Waals surface area contributed by atoms with Crippen LogP contribution in [0.25, 0.3) is 0 Å². The van der Waals surface area contributed by atoms with Crippen LogP contribution >= 0.6 is 11.6 Å². The van der Waals surface area contributed by atoms with Gasteiger partial charge < -0.3 is 10.5 Å². The van der Waals surface area contributed by atoms with Crippen molar-refractivity contribution in [3.8, 4) is 5.75 Å². The van der Waals surface area contributed by atoms with Gasteiger partial charge in [0.2, 0.25) is 0 Å². The van der Waals surface area contributed by atoms with Gasteiger partial charge in [-0.05, 0) is 23.8 Å². The van der Waals surface area contributed by atoms with Crippen molar-refractivity contribution in [3.63, 3.8) is 0 Å². The number of benzene rings is 2. The van der Waals surface area contributed by atoms with Gasteiger partial charge in [0.15, 0.2) is 11.6 Å². The number of nitro benzene ring substituents is 1. The predicted molar refractivity (Wildman–Crippen MR) is 73.3 cm³/mol. The fourth-order valence-electron chi connectivity index (χ4n) is 1.61. The van der Waals surface area contributed by atoms with Crippen molar-refractivity contribution < 1.29 is 14.1 Å². The monoisotopic (exact) mass is 296 g/mol.